The van der Waals surface area contributed by atoms with Gasteiger partial charge >= 0.3 is 0 Å². The van der Waals surface area contributed by atoms with Crippen LogP contribution in [-0.4, -0.2) is 20.6 Å². The molecule has 6 heteroatoms. The Kier molecular flexibility index (Phi) is 6.42. The van der Waals surface area contributed by atoms with Gasteiger partial charge in [0.2, 0.25) is 0 Å². The number of hydrogen-bond donors (Lipinski definition) is 0. The lowest BCUT2D eigenvalue weighted by molar-refractivity contribution is 0.0724. The van der Waals surface area contributed by atoms with Crippen LogP contribution in [0, 0.1) is 0 Å². The van der Waals surface area contributed by atoms with Crippen molar-refractivity contribution < 1.29 is 4.79 Å². The standard InChI is InChI=1S/C29H22ClN3O2/c30-23-15-17-24(18-16-23)33-28(34)26-14-8-7-13-25(26)27(31-33)29(35)32(19-21-9-3-1-4-10-21)20-22-11-5-2-6-12-22/h1-18H,19-20H2. The number of aromatic nitrogens is 2. The smallest absolute Gasteiger partial charge is 0.279 e. The van der Waals surface area contributed by atoms with Crippen molar-refractivity contribution in [1.29, 1.82) is 0 Å². The number of rotatable bonds is 6. The Hall–Kier alpha value is -4.22. The third-order valence-electron chi connectivity index (χ3n) is 5.80. The third-order valence-corrected chi connectivity index (χ3v) is 6.05. The fourth-order valence-electron chi connectivity index (χ4n) is 4.06. The van der Waals surface area contributed by atoms with Gasteiger partial charge in [0.05, 0.1) is 11.1 Å². The fraction of sp³-hybridized carbons (Fsp3) is 0.0690. The predicted molar refractivity (Wildman–Crippen MR) is 139 cm³/mol. The summed E-state index contributed by atoms with van der Waals surface area (Å²) >= 11 is 6.04. The van der Waals surface area contributed by atoms with Gasteiger partial charge in [0.15, 0.2) is 5.69 Å². The minimum absolute atomic E-state index is 0.224. The van der Waals surface area contributed by atoms with Gasteiger partial charge < -0.3 is 4.90 Å². The molecule has 35 heavy (non-hydrogen) atoms. The maximum absolute atomic E-state index is 14.0. The summed E-state index contributed by atoms with van der Waals surface area (Å²) in [4.78, 5) is 29.1. The van der Waals surface area contributed by atoms with E-state index >= 15 is 0 Å². The lowest BCUT2D eigenvalue weighted by Gasteiger charge is -2.24. The largest absolute Gasteiger partial charge is 0.329 e. The van der Waals surface area contributed by atoms with E-state index in [2.05, 4.69) is 5.10 Å². The Balaban J connectivity index is 1.64. The molecular formula is C29H22ClN3O2. The molecule has 4 aromatic carbocycles. The lowest BCUT2D eigenvalue weighted by Crippen LogP contribution is -2.33. The molecule has 0 spiro atoms. The van der Waals surface area contributed by atoms with E-state index < -0.39 is 0 Å². The van der Waals surface area contributed by atoms with Crippen LogP contribution in [0.5, 0.6) is 0 Å². The maximum atomic E-state index is 14.0. The van der Waals surface area contributed by atoms with E-state index in [0.717, 1.165) is 11.1 Å². The molecule has 1 heterocycles. The summed E-state index contributed by atoms with van der Waals surface area (Å²) in [6.07, 6.45) is 0. The molecule has 0 aliphatic carbocycles. The van der Waals surface area contributed by atoms with E-state index in [1.165, 1.54) is 4.68 Å². The molecule has 5 aromatic rings. The van der Waals surface area contributed by atoms with Crippen LogP contribution in [0.25, 0.3) is 16.5 Å². The van der Waals surface area contributed by atoms with Crippen LogP contribution < -0.4 is 5.56 Å². The molecule has 0 atom stereocenters. The zero-order chi connectivity index (χ0) is 24.2. The molecule has 5 nitrogen and oxygen atoms in total. The van der Waals surface area contributed by atoms with Crippen molar-refractivity contribution in [3.05, 3.63) is 141 Å². The average Bonchev–Trinajstić information content (AvgIpc) is 2.90. The topological polar surface area (TPSA) is 55.2 Å². The molecule has 0 saturated heterocycles. The highest BCUT2D eigenvalue weighted by Gasteiger charge is 2.23. The van der Waals surface area contributed by atoms with Gasteiger partial charge in [-0.05, 0) is 41.5 Å². The first kappa shape index (κ1) is 22.6. The van der Waals surface area contributed by atoms with Crippen molar-refractivity contribution in [3.63, 3.8) is 0 Å². The van der Waals surface area contributed by atoms with Crippen LogP contribution >= 0.6 is 11.6 Å². The molecule has 0 bridgehead atoms. The molecule has 1 aromatic heterocycles. The monoisotopic (exact) mass is 479 g/mol. The Bertz CT molecular complexity index is 1490. The number of halogens is 1. The molecule has 0 N–H and O–H groups in total. The van der Waals surface area contributed by atoms with Gasteiger partial charge in [0.1, 0.15) is 0 Å². The van der Waals surface area contributed by atoms with Crippen LogP contribution in [0.15, 0.2) is 114 Å². The van der Waals surface area contributed by atoms with E-state index in [4.69, 9.17) is 11.6 Å². The summed E-state index contributed by atoms with van der Waals surface area (Å²) in [5.74, 6) is -0.253. The van der Waals surface area contributed by atoms with E-state index in [9.17, 15) is 9.59 Å². The SMILES string of the molecule is O=C(c1nn(-c2ccc(Cl)cc2)c(=O)c2ccccc12)N(Cc1ccccc1)Cc1ccccc1. The van der Waals surface area contributed by atoms with Crippen molar-refractivity contribution in [3.8, 4) is 5.69 Å². The zero-order valence-corrected chi connectivity index (χ0v) is 19.6. The Morgan fingerprint density at radius 3 is 1.80 bits per heavy atom. The van der Waals surface area contributed by atoms with E-state index in [1.54, 1.807) is 47.4 Å². The number of nitrogens with zero attached hydrogens (tertiary/aromatic N) is 3. The lowest BCUT2D eigenvalue weighted by atomic mass is 10.1. The molecule has 1 amide bonds. The first-order valence-electron chi connectivity index (χ1n) is 11.3. The average molecular weight is 480 g/mol. The molecule has 0 aliphatic heterocycles. The van der Waals surface area contributed by atoms with Gasteiger partial charge in [0.25, 0.3) is 11.5 Å². The minimum Gasteiger partial charge on any atom is -0.329 e. The minimum atomic E-state index is -0.294. The van der Waals surface area contributed by atoms with Gasteiger partial charge in [-0.15, -0.1) is 0 Å². The van der Waals surface area contributed by atoms with Crippen molar-refractivity contribution in [2.45, 2.75) is 13.1 Å². The van der Waals surface area contributed by atoms with Crippen LogP contribution in [0.3, 0.4) is 0 Å². The Morgan fingerprint density at radius 1 is 0.714 bits per heavy atom. The van der Waals surface area contributed by atoms with E-state index in [1.807, 2.05) is 66.7 Å². The third kappa shape index (κ3) is 4.86. The fourth-order valence-corrected chi connectivity index (χ4v) is 4.19. The summed E-state index contributed by atoms with van der Waals surface area (Å²) in [6, 6.07) is 33.6. The van der Waals surface area contributed by atoms with Crippen LogP contribution in [0.1, 0.15) is 21.6 Å². The molecule has 0 unspecified atom stereocenters. The number of benzene rings is 4. The number of amides is 1. The molecule has 0 radical (unpaired) electrons. The van der Waals surface area contributed by atoms with Gasteiger partial charge in [-0.2, -0.15) is 9.78 Å². The van der Waals surface area contributed by atoms with Crippen LogP contribution in [0.2, 0.25) is 5.02 Å². The maximum Gasteiger partial charge on any atom is 0.279 e. The predicted octanol–water partition coefficient (Wildman–Crippen LogP) is 5.88. The highest BCUT2D eigenvalue weighted by molar-refractivity contribution is 6.30. The molecule has 172 valence electrons. The summed E-state index contributed by atoms with van der Waals surface area (Å²) in [5.41, 5.74) is 2.48. The second kappa shape index (κ2) is 9.95. The summed E-state index contributed by atoms with van der Waals surface area (Å²) in [6.45, 7) is 0.815. The summed E-state index contributed by atoms with van der Waals surface area (Å²) < 4.78 is 1.27. The van der Waals surface area contributed by atoms with Crippen molar-refractivity contribution in [1.82, 2.24) is 14.7 Å². The van der Waals surface area contributed by atoms with Gasteiger partial charge in [-0.25, -0.2) is 0 Å². The van der Waals surface area contributed by atoms with Crippen molar-refractivity contribution in [2.24, 2.45) is 0 Å². The molecular weight excluding hydrogens is 458 g/mol. The first-order valence-corrected chi connectivity index (χ1v) is 11.6. The number of fused-ring (bicyclic) bond motifs is 1. The highest BCUT2D eigenvalue weighted by Crippen LogP contribution is 2.20. The van der Waals surface area contributed by atoms with Crippen LogP contribution in [-0.2, 0) is 13.1 Å². The van der Waals surface area contributed by atoms with E-state index in [0.29, 0.717) is 34.6 Å². The molecule has 0 fully saturated rings. The summed E-state index contributed by atoms with van der Waals surface area (Å²) in [5, 5.41) is 6.08. The number of carbonyl (C=O) groups is 1. The summed E-state index contributed by atoms with van der Waals surface area (Å²) in [7, 11) is 0. The van der Waals surface area contributed by atoms with Gasteiger partial charge in [-0.1, -0.05) is 90.5 Å². The Morgan fingerprint density at radius 2 is 1.23 bits per heavy atom. The van der Waals surface area contributed by atoms with Crippen molar-refractivity contribution >= 4 is 28.3 Å². The quantitative estimate of drug-likeness (QED) is 0.305. The zero-order valence-electron chi connectivity index (χ0n) is 18.8. The second-order valence-corrected chi connectivity index (χ2v) is 8.66. The first-order chi connectivity index (χ1) is 17.1. The molecule has 0 saturated carbocycles. The molecule has 5 rings (SSSR count). The van der Waals surface area contributed by atoms with Gasteiger partial charge in [0, 0.05) is 23.5 Å². The highest BCUT2D eigenvalue weighted by atomic mass is 35.5. The van der Waals surface area contributed by atoms with Crippen molar-refractivity contribution in [2.75, 3.05) is 0 Å². The number of carbonyl (C=O) groups excluding carboxylic acids is 1. The molecule has 0 aliphatic rings. The van der Waals surface area contributed by atoms with E-state index in [-0.39, 0.29) is 17.2 Å². The van der Waals surface area contributed by atoms with Crippen LogP contribution in [0.4, 0.5) is 0 Å². The normalized spacial score (nSPS) is 10.9. The number of hydrogen-bond acceptors (Lipinski definition) is 3. The van der Waals surface area contributed by atoms with Gasteiger partial charge in [-0.3, -0.25) is 9.59 Å². The Labute approximate surface area is 207 Å². The second-order valence-electron chi connectivity index (χ2n) is 8.22.